The summed E-state index contributed by atoms with van der Waals surface area (Å²) in [5.41, 5.74) is 2.63. The Balaban J connectivity index is 2.07. The van der Waals surface area contributed by atoms with Crippen LogP contribution in [0.2, 0.25) is 0 Å². The molecule has 0 aromatic carbocycles. The molecular formula is C14H22O. The molecule has 0 amide bonds. The highest BCUT2D eigenvalue weighted by Gasteiger charge is 2.28. The molecule has 0 N–H and O–H groups in total. The molecule has 0 aromatic heterocycles. The lowest BCUT2D eigenvalue weighted by Crippen LogP contribution is -2.02. The molecule has 0 saturated heterocycles. The van der Waals surface area contributed by atoms with Crippen molar-refractivity contribution in [1.82, 2.24) is 0 Å². The van der Waals surface area contributed by atoms with E-state index in [1.54, 1.807) is 0 Å². The van der Waals surface area contributed by atoms with Crippen LogP contribution in [0.5, 0.6) is 0 Å². The molecule has 2 rings (SSSR count). The minimum absolute atomic E-state index is 0.425. The highest BCUT2D eigenvalue weighted by molar-refractivity contribution is 5.98. The van der Waals surface area contributed by atoms with Crippen LogP contribution in [0.1, 0.15) is 64.7 Å². The van der Waals surface area contributed by atoms with E-state index in [1.807, 2.05) is 6.92 Å². The van der Waals surface area contributed by atoms with E-state index in [0.29, 0.717) is 11.7 Å². The van der Waals surface area contributed by atoms with Crippen molar-refractivity contribution < 1.29 is 4.79 Å². The van der Waals surface area contributed by atoms with Gasteiger partial charge in [-0.2, -0.15) is 0 Å². The summed E-state index contributed by atoms with van der Waals surface area (Å²) in [6, 6.07) is 0. The highest BCUT2D eigenvalue weighted by atomic mass is 16.1. The second-order valence-electron chi connectivity index (χ2n) is 5.13. The molecule has 0 radical (unpaired) electrons. The summed E-state index contributed by atoms with van der Waals surface area (Å²) in [4.78, 5) is 11.7. The van der Waals surface area contributed by atoms with Gasteiger partial charge in [0.05, 0.1) is 0 Å². The summed E-state index contributed by atoms with van der Waals surface area (Å²) >= 11 is 0. The second kappa shape index (κ2) is 4.96. The lowest BCUT2D eigenvalue weighted by atomic mass is 9.89. The third-order valence-electron chi connectivity index (χ3n) is 4.07. The van der Waals surface area contributed by atoms with E-state index in [1.165, 1.54) is 56.9 Å². The first kappa shape index (κ1) is 10.9. The molecule has 1 atom stereocenters. The lowest BCUT2D eigenvalue weighted by Gasteiger charge is -2.16. The van der Waals surface area contributed by atoms with Gasteiger partial charge in [-0.15, -0.1) is 0 Å². The van der Waals surface area contributed by atoms with Gasteiger partial charge in [-0.1, -0.05) is 37.7 Å². The molecule has 1 nitrogen and oxygen atoms in total. The van der Waals surface area contributed by atoms with Crippen LogP contribution in [-0.2, 0) is 4.79 Å². The van der Waals surface area contributed by atoms with Gasteiger partial charge in [0, 0.05) is 6.42 Å². The first-order valence-electron chi connectivity index (χ1n) is 6.52. The predicted octanol–water partition coefficient (Wildman–Crippen LogP) is 4.03. The fourth-order valence-electron chi connectivity index (χ4n) is 3.07. The Morgan fingerprint density at radius 3 is 2.47 bits per heavy atom. The largest absolute Gasteiger partial charge is 0.295 e. The zero-order valence-electron chi connectivity index (χ0n) is 9.85. The number of carbonyl (C=O) groups excluding carboxylic acids is 1. The van der Waals surface area contributed by atoms with Crippen LogP contribution in [0, 0.1) is 5.92 Å². The van der Waals surface area contributed by atoms with Crippen LogP contribution in [0.4, 0.5) is 0 Å². The average Bonchev–Trinajstić information content (AvgIpc) is 2.51. The van der Waals surface area contributed by atoms with E-state index in [4.69, 9.17) is 0 Å². The second-order valence-corrected chi connectivity index (χ2v) is 5.13. The van der Waals surface area contributed by atoms with Crippen LogP contribution in [0.25, 0.3) is 0 Å². The van der Waals surface area contributed by atoms with Gasteiger partial charge in [0.25, 0.3) is 0 Å². The standard InChI is InChI=1S/C14H22O/c1-11-13-9-7-5-3-2-4-6-8-12(13)10-14(11)15/h12H,2-10H2,1H3. The topological polar surface area (TPSA) is 17.1 Å². The number of rotatable bonds is 0. The molecule has 0 aliphatic heterocycles. The SMILES string of the molecule is CC1=C2CCCCCCCCC2CC1=O. The molecule has 0 heterocycles. The maximum Gasteiger partial charge on any atom is 0.159 e. The molecule has 2 aliphatic carbocycles. The number of hydrogen-bond donors (Lipinski definition) is 0. The molecule has 0 spiro atoms. The van der Waals surface area contributed by atoms with Crippen molar-refractivity contribution in [3.63, 3.8) is 0 Å². The van der Waals surface area contributed by atoms with Crippen molar-refractivity contribution >= 4 is 5.78 Å². The minimum Gasteiger partial charge on any atom is -0.295 e. The number of fused-ring (bicyclic) bond motifs is 1. The van der Waals surface area contributed by atoms with E-state index in [2.05, 4.69) is 0 Å². The Morgan fingerprint density at radius 1 is 1.00 bits per heavy atom. The van der Waals surface area contributed by atoms with E-state index < -0.39 is 0 Å². The van der Waals surface area contributed by atoms with Crippen molar-refractivity contribution in [2.75, 3.05) is 0 Å². The summed E-state index contributed by atoms with van der Waals surface area (Å²) < 4.78 is 0. The van der Waals surface area contributed by atoms with Crippen LogP contribution in [-0.4, -0.2) is 5.78 Å². The Morgan fingerprint density at radius 2 is 1.67 bits per heavy atom. The van der Waals surface area contributed by atoms with Crippen LogP contribution < -0.4 is 0 Å². The molecule has 1 unspecified atom stereocenters. The summed E-state index contributed by atoms with van der Waals surface area (Å²) in [7, 11) is 0. The first-order chi connectivity index (χ1) is 7.29. The number of hydrogen-bond acceptors (Lipinski definition) is 1. The van der Waals surface area contributed by atoms with E-state index in [-0.39, 0.29) is 0 Å². The summed E-state index contributed by atoms with van der Waals surface area (Å²) in [6.07, 6.45) is 11.4. The third-order valence-corrected chi connectivity index (χ3v) is 4.07. The van der Waals surface area contributed by atoms with Gasteiger partial charge in [0.15, 0.2) is 5.78 Å². The molecule has 1 saturated carbocycles. The average molecular weight is 206 g/mol. The lowest BCUT2D eigenvalue weighted by molar-refractivity contribution is -0.115. The normalized spacial score (nSPS) is 29.1. The Kier molecular flexibility index (Phi) is 3.61. The van der Waals surface area contributed by atoms with Crippen molar-refractivity contribution in [2.45, 2.75) is 64.7 Å². The van der Waals surface area contributed by atoms with Gasteiger partial charge in [0.2, 0.25) is 0 Å². The molecule has 0 aromatic rings. The van der Waals surface area contributed by atoms with Gasteiger partial charge in [-0.05, 0) is 37.7 Å². The smallest absolute Gasteiger partial charge is 0.159 e. The number of ketones is 1. The quantitative estimate of drug-likeness (QED) is 0.585. The maximum atomic E-state index is 11.7. The van der Waals surface area contributed by atoms with Crippen molar-refractivity contribution in [3.8, 4) is 0 Å². The Hall–Kier alpha value is -0.590. The molecule has 84 valence electrons. The molecular weight excluding hydrogens is 184 g/mol. The zero-order valence-corrected chi connectivity index (χ0v) is 9.85. The number of allylic oxidation sites excluding steroid dienone is 2. The fraction of sp³-hybridized carbons (Fsp3) is 0.786. The van der Waals surface area contributed by atoms with Crippen LogP contribution in [0.3, 0.4) is 0 Å². The van der Waals surface area contributed by atoms with Gasteiger partial charge in [-0.25, -0.2) is 0 Å². The first-order valence-corrected chi connectivity index (χ1v) is 6.52. The summed E-state index contributed by atoms with van der Waals surface area (Å²) in [5, 5.41) is 0. The zero-order chi connectivity index (χ0) is 10.7. The summed E-state index contributed by atoms with van der Waals surface area (Å²) in [6.45, 7) is 2.05. The van der Waals surface area contributed by atoms with E-state index in [0.717, 1.165) is 12.0 Å². The van der Waals surface area contributed by atoms with Gasteiger partial charge >= 0.3 is 0 Å². The highest BCUT2D eigenvalue weighted by Crippen LogP contribution is 2.36. The molecule has 2 aliphatic rings. The fourth-order valence-corrected chi connectivity index (χ4v) is 3.07. The number of carbonyl (C=O) groups is 1. The molecule has 1 heteroatoms. The number of Topliss-reactive ketones (excluding diaryl/α,β-unsaturated/α-hetero) is 1. The van der Waals surface area contributed by atoms with Gasteiger partial charge in [0.1, 0.15) is 0 Å². The predicted molar refractivity (Wildman–Crippen MR) is 62.8 cm³/mol. The summed E-state index contributed by atoms with van der Waals surface area (Å²) in [5.74, 6) is 1.05. The van der Waals surface area contributed by atoms with Gasteiger partial charge in [-0.3, -0.25) is 4.79 Å². The molecule has 15 heavy (non-hydrogen) atoms. The molecule has 1 fully saturated rings. The van der Waals surface area contributed by atoms with Crippen molar-refractivity contribution in [2.24, 2.45) is 5.92 Å². The Bertz CT molecular complexity index is 275. The third kappa shape index (κ3) is 2.50. The van der Waals surface area contributed by atoms with Crippen LogP contribution >= 0.6 is 0 Å². The van der Waals surface area contributed by atoms with E-state index >= 15 is 0 Å². The van der Waals surface area contributed by atoms with Crippen LogP contribution in [0.15, 0.2) is 11.1 Å². The van der Waals surface area contributed by atoms with Gasteiger partial charge < -0.3 is 0 Å². The van der Waals surface area contributed by atoms with Crippen molar-refractivity contribution in [1.29, 1.82) is 0 Å². The maximum absolute atomic E-state index is 11.7. The van der Waals surface area contributed by atoms with E-state index in [9.17, 15) is 4.79 Å². The van der Waals surface area contributed by atoms with Crippen molar-refractivity contribution in [3.05, 3.63) is 11.1 Å². The monoisotopic (exact) mass is 206 g/mol. The minimum atomic E-state index is 0.425. The Labute approximate surface area is 92.9 Å². The molecule has 0 bridgehead atoms.